The van der Waals surface area contributed by atoms with Gasteiger partial charge in [0.15, 0.2) is 0 Å². The minimum atomic E-state index is -0.521. The molecule has 6 heteroatoms. The number of nitrogens with one attached hydrogen (secondary N) is 1. The van der Waals surface area contributed by atoms with Crippen LogP contribution < -0.4 is 5.43 Å². The Morgan fingerprint density at radius 2 is 2.27 bits per heavy atom. The Balaban J connectivity index is 2.37. The summed E-state index contributed by atoms with van der Waals surface area (Å²) in [6, 6.07) is 0. The largest absolute Gasteiger partial charge is 0.449 e. The van der Waals surface area contributed by atoms with Crippen LogP contribution in [0.25, 0.3) is 0 Å². The molecule has 0 radical (unpaired) electrons. The van der Waals surface area contributed by atoms with Crippen molar-refractivity contribution in [3.63, 3.8) is 0 Å². The molecule has 1 N–H and O–H groups in total. The minimum absolute atomic E-state index is 0.341. The maximum atomic E-state index is 10.7. The zero-order chi connectivity index (χ0) is 8.10. The van der Waals surface area contributed by atoms with Crippen LogP contribution in [0.5, 0.6) is 0 Å². The van der Waals surface area contributed by atoms with Gasteiger partial charge in [0, 0.05) is 0 Å². The van der Waals surface area contributed by atoms with Gasteiger partial charge >= 0.3 is 6.09 Å². The van der Waals surface area contributed by atoms with Gasteiger partial charge in [-0.1, -0.05) is 0 Å². The van der Waals surface area contributed by atoms with E-state index in [1.807, 2.05) is 0 Å². The van der Waals surface area contributed by atoms with Gasteiger partial charge in [-0.3, -0.25) is 0 Å². The minimum Gasteiger partial charge on any atom is -0.449 e. The molecule has 11 heavy (non-hydrogen) atoms. The lowest BCUT2D eigenvalue weighted by Gasteiger charge is -2.02. The van der Waals surface area contributed by atoms with Crippen molar-refractivity contribution in [2.45, 2.75) is 6.92 Å². The van der Waals surface area contributed by atoms with Crippen LogP contribution in [-0.4, -0.2) is 27.6 Å². The lowest BCUT2D eigenvalue weighted by Crippen LogP contribution is -2.22. The van der Waals surface area contributed by atoms with Crippen molar-refractivity contribution in [2.75, 3.05) is 12.0 Å². The summed E-state index contributed by atoms with van der Waals surface area (Å²) >= 11 is 0. The Kier molecular flexibility index (Phi) is 2.42. The van der Waals surface area contributed by atoms with E-state index in [4.69, 9.17) is 0 Å². The van der Waals surface area contributed by atoms with E-state index in [9.17, 15) is 4.79 Å². The predicted octanol–water partition coefficient (Wildman–Crippen LogP) is -0.0219. The zero-order valence-electron chi connectivity index (χ0n) is 6.02. The fourth-order valence-electron chi connectivity index (χ4n) is 0.527. The molecule has 0 bridgehead atoms. The van der Waals surface area contributed by atoms with Crippen molar-refractivity contribution in [3.05, 3.63) is 12.7 Å². The Morgan fingerprint density at radius 3 is 2.82 bits per heavy atom. The summed E-state index contributed by atoms with van der Waals surface area (Å²) in [5.74, 6) is 0. The van der Waals surface area contributed by atoms with E-state index in [0.29, 0.717) is 6.61 Å². The SMILES string of the molecule is CCOC(=O)Nn1cnnc1. The highest BCUT2D eigenvalue weighted by molar-refractivity contribution is 5.75. The van der Waals surface area contributed by atoms with Gasteiger partial charge < -0.3 is 4.74 Å². The van der Waals surface area contributed by atoms with E-state index in [1.54, 1.807) is 6.92 Å². The summed E-state index contributed by atoms with van der Waals surface area (Å²) in [5, 5.41) is 6.96. The lowest BCUT2D eigenvalue weighted by atomic mass is 10.9. The highest BCUT2D eigenvalue weighted by atomic mass is 16.5. The predicted molar refractivity (Wildman–Crippen MR) is 36.4 cm³/mol. The first-order valence-electron chi connectivity index (χ1n) is 3.11. The molecule has 0 aliphatic heterocycles. The number of amides is 1. The van der Waals surface area contributed by atoms with Crippen molar-refractivity contribution in [3.8, 4) is 0 Å². The van der Waals surface area contributed by atoms with E-state index >= 15 is 0 Å². The molecule has 0 fully saturated rings. The van der Waals surface area contributed by atoms with Crippen LogP contribution in [0.2, 0.25) is 0 Å². The topological polar surface area (TPSA) is 69.0 Å². The van der Waals surface area contributed by atoms with Gasteiger partial charge in [0.05, 0.1) is 6.61 Å². The first kappa shape index (κ1) is 7.52. The second-order valence-electron chi connectivity index (χ2n) is 1.70. The van der Waals surface area contributed by atoms with Gasteiger partial charge in [0.2, 0.25) is 0 Å². The molecule has 1 amide bonds. The number of ether oxygens (including phenoxy) is 1. The van der Waals surface area contributed by atoms with Gasteiger partial charge in [-0.05, 0) is 6.92 Å². The smallest absolute Gasteiger partial charge is 0.426 e. The molecule has 0 saturated heterocycles. The lowest BCUT2D eigenvalue weighted by molar-refractivity contribution is 0.164. The summed E-state index contributed by atoms with van der Waals surface area (Å²) in [5.41, 5.74) is 2.35. The highest BCUT2D eigenvalue weighted by Gasteiger charge is 1.98. The third kappa shape index (κ3) is 2.24. The van der Waals surface area contributed by atoms with Crippen LogP contribution in [0.15, 0.2) is 12.7 Å². The number of hydrogen-bond acceptors (Lipinski definition) is 4. The molecule has 0 saturated carbocycles. The van der Waals surface area contributed by atoms with Gasteiger partial charge in [0.1, 0.15) is 12.7 Å². The quantitative estimate of drug-likeness (QED) is 0.653. The molecule has 0 aliphatic rings. The van der Waals surface area contributed by atoms with E-state index in [-0.39, 0.29) is 0 Å². The number of hydrogen-bond donors (Lipinski definition) is 1. The molecule has 60 valence electrons. The second kappa shape index (κ2) is 3.55. The monoisotopic (exact) mass is 156 g/mol. The van der Waals surface area contributed by atoms with E-state index in [0.717, 1.165) is 0 Å². The van der Waals surface area contributed by atoms with Crippen molar-refractivity contribution < 1.29 is 9.53 Å². The van der Waals surface area contributed by atoms with E-state index in [1.165, 1.54) is 17.3 Å². The van der Waals surface area contributed by atoms with E-state index < -0.39 is 6.09 Å². The molecule has 1 heterocycles. The van der Waals surface area contributed by atoms with Crippen LogP contribution in [0.3, 0.4) is 0 Å². The van der Waals surface area contributed by atoms with Crippen LogP contribution in [-0.2, 0) is 4.74 Å². The Bertz CT molecular complexity index is 220. The highest BCUT2D eigenvalue weighted by Crippen LogP contribution is 1.80. The second-order valence-corrected chi connectivity index (χ2v) is 1.70. The van der Waals surface area contributed by atoms with Crippen LogP contribution in [0.4, 0.5) is 4.79 Å². The number of aromatic nitrogens is 3. The molecule has 0 aromatic carbocycles. The Morgan fingerprint density at radius 1 is 1.64 bits per heavy atom. The van der Waals surface area contributed by atoms with Crippen LogP contribution >= 0.6 is 0 Å². The van der Waals surface area contributed by atoms with Crippen LogP contribution in [0, 0.1) is 0 Å². The van der Waals surface area contributed by atoms with Gasteiger partial charge in [-0.15, -0.1) is 10.2 Å². The fraction of sp³-hybridized carbons (Fsp3) is 0.400. The van der Waals surface area contributed by atoms with Crippen molar-refractivity contribution >= 4 is 6.09 Å². The summed E-state index contributed by atoms with van der Waals surface area (Å²) < 4.78 is 5.89. The normalized spacial score (nSPS) is 9.18. The summed E-state index contributed by atoms with van der Waals surface area (Å²) in [4.78, 5) is 10.7. The first-order valence-corrected chi connectivity index (χ1v) is 3.11. The van der Waals surface area contributed by atoms with Crippen molar-refractivity contribution in [1.29, 1.82) is 0 Å². The molecule has 1 aromatic rings. The first-order chi connectivity index (χ1) is 5.33. The van der Waals surface area contributed by atoms with Gasteiger partial charge in [-0.2, -0.15) is 0 Å². The molecule has 1 aromatic heterocycles. The molecular weight excluding hydrogens is 148 g/mol. The molecule has 0 spiro atoms. The molecular formula is C5H8N4O2. The molecule has 0 atom stereocenters. The Hall–Kier alpha value is -1.59. The van der Waals surface area contributed by atoms with Gasteiger partial charge in [-0.25, -0.2) is 14.9 Å². The summed E-state index contributed by atoms with van der Waals surface area (Å²) in [7, 11) is 0. The number of carbonyl (C=O) groups is 1. The Labute approximate surface area is 63.1 Å². The van der Waals surface area contributed by atoms with E-state index in [2.05, 4.69) is 20.4 Å². The molecule has 0 unspecified atom stereocenters. The average Bonchev–Trinajstić information content (AvgIpc) is 2.40. The number of carbonyl (C=O) groups excluding carboxylic acids is 1. The van der Waals surface area contributed by atoms with Crippen molar-refractivity contribution in [1.82, 2.24) is 14.9 Å². The average molecular weight is 156 g/mol. The number of rotatable bonds is 2. The summed E-state index contributed by atoms with van der Waals surface area (Å²) in [6.07, 6.45) is 2.20. The van der Waals surface area contributed by atoms with Crippen LogP contribution in [0.1, 0.15) is 6.92 Å². The fourth-order valence-corrected chi connectivity index (χ4v) is 0.527. The standard InChI is InChI=1S/C5H8N4O2/c1-2-11-5(10)8-9-3-6-7-4-9/h3-4H,2H2,1H3,(H,8,10). The molecule has 0 aliphatic carbocycles. The molecule has 1 rings (SSSR count). The van der Waals surface area contributed by atoms with Gasteiger partial charge in [0.25, 0.3) is 0 Å². The maximum absolute atomic E-state index is 10.7. The third-order valence-corrected chi connectivity index (χ3v) is 0.915. The summed E-state index contributed by atoms with van der Waals surface area (Å²) in [6.45, 7) is 2.07. The third-order valence-electron chi connectivity index (χ3n) is 0.915. The zero-order valence-corrected chi connectivity index (χ0v) is 6.02. The molecule has 6 nitrogen and oxygen atoms in total. The maximum Gasteiger partial charge on any atom is 0.426 e. The van der Waals surface area contributed by atoms with Crippen molar-refractivity contribution in [2.24, 2.45) is 0 Å². The number of nitrogens with zero attached hydrogens (tertiary/aromatic N) is 3.